The second-order valence-electron chi connectivity index (χ2n) is 9.23. The number of hydrogen-bond donors (Lipinski definition) is 2. The molecule has 0 unspecified atom stereocenters. The Morgan fingerprint density at radius 3 is 2.53 bits per heavy atom. The van der Waals surface area contributed by atoms with Crippen LogP contribution in [0.25, 0.3) is 17.1 Å². The first-order valence-corrected chi connectivity index (χ1v) is 10.4. The van der Waals surface area contributed by atoms with Crippen LogP contribution in [-0.2, 0) is 0 Å². The normalized spacial score (nSPS) is 27.9. The molecule has 2 aliphatic heterocycles. The predicted octanol–water partition coefficient (Wildman–Crippen LogP) is 2.93. The van der Waals surface area contributed by atoms with Gasteiger partial charge in [0.2, 0.25) is 0 Å². The van der Waals surface area contributed by atoms with E-state index in [0.29, 0.717) is 17.4 Å². The van der Waals surface area contributed by atoms with Gasteiger partial charge < -0.3 is 19.9 Å². The maximum atomic E-state index is 10.5. The fourth-order valence-corrected chi connectivity index (χ4v) is 5.12. The fraction of sp³-hybridized carbons (Fsp3) is 0.455. The zero-order valence-corrected chi connectivity index (χ0v) is 17.6. The van der Waals surface area contributed by atoms with Crippen LogP contribution in [0.5, 0.6) is 5.75 Å². The van der Waals surface area contributed by atoms with E-state index >= 15 is 0 Å². The molecule has 0 spiro atoms. The maximum absolute atomic E-state index is 10.5. The molecule has 1 aromatic carbocycles. The highest BCUT2D eigenvalue weighted by Crippen LogP contribution is 2.43. The Morgan fingerprint density at radius 1 is 1.17 bits per heavy atom. The molecule has 30 heavy (non-hydrogen) atoms. The zero-order valence-electron chi connectivity index (χ0n) is 17.6. The van der Waals surface area contributed by atoms with Gasteiger partial charge in [-0.05, 0) is 51.7 Å². The second kappa shape index (κ2) is 6.77. The molecule has 156 valence electrons. The zero-order chi connectivity index (χ0) is 20.9. The lowest BCUT2D eigenvalue weighted by molar-refractivity contribution is 0.207. The smallest absolute Gasteiger partial charge is 0.185 e. The van der Waals surface area contributed by atoms with Crippen LogP contribution in [0.4, 0.5) is 5.82 Å². The number of aromatic hydroxyl groups is 1. The van der Waals surface area contributed by atoms with Gasteiger partial charge in [-0.25, -0.2) is 9.97 Å². The molecule has 8 heteroatoms. The number of fused-ring (bicyclic) bond motifs is 2. The lowest BCUT2D eigenvalue weighted by Gasteiger charge is -2.45. The summed E-state index contributed by atoms with van der Waals surface area (Å²) >= 11 is 0. The SMILES string of the molecule is CN(c1cnc(-c2ccc(-n3ccnc3)cc2O)nn1)[C@H]1C[C@]2(C)CC[C@](C)(C1)N2. The minimum absolute atomic E-state index is 0.111. The molecule has 3 aromatic rings. The Morgan fingerprint density at radius 2 is 1.93 bits per heavy atom. The molecule has 2 bridgehead atoms. The van der Waals surface area contributed by atoms with Crippen molar-refractivity contribution in [3.63, 3.8) is 0 Å². The third-order valence-electron chi connectivity index (χ3n) is 6.69. The van der Waals surface area contributed by atoms with Crippen molar-refractivity contribution in [1.29, 1.82) is 0 Å². The Hall–Kier alpha value is -3.00. The van der Waals surface area contributed by atoms with E-state index in [9.17, 15) is 5.11 Å². The van der Waals surface area contributed by atoms with Gasteiger partial charge in [-0.1, -0.05) is 0 Å². The van der Waals surface area contributed by atoms with E-state index in [-0.39, 0.29) is 16.8 Å². The number of hydrogen-bond acceptors (Lipinski definition) is 7. The Labute approximate surface area is 176 Å². The van der Waals surface area contributed by atoms with Crippen molar-refractivity contribution < 1.29 is 5.11 Å². The third-order valence-corrected chi connectivity index (χ3v) is 6.69. The van der Waals surface area contributed by atoms with Gasteiger partial charge in [0, 0.05) is 42.6 Å². The van der Waals surface area contributed by atoms with E-state index in [4.69, 9.17) is 0 Å². The lowest BCUT2D eigenvalue weighted by Crippen LogP contribution is -2.58. The topological polar surface area (TPSA) is 92.0 Å². The van der Waals surface area contributed by atoms with Crippen molar-refractivity contribution in [2.45, 2.75) is 56.7 Å². The summed E-state index contributed by atoms with van der Waals surface area (Å²) in [6, 6.07) is 5.77. The largest absolute Gasteiger partial charge is 0.507 e. The first kappa shape index (κ1) is 19.0. The number of imidazole rings is 1. The van der Waals surface area contributed by atoms with Gasteiger partial charge >= 0.3 is 0 Å². The maximum Gasteiger partial charge on any atom is 0.185 e. The molecular weight excluding hydrogens is 378 g/mol. The van der Waals surface area contributed by atoms with E-state index in [2.05, 4.69) is 51.3 Å². The van der Waals surface area contributed by atoms with E-state index in [1.54, 1.807) is 30.9 Å². The van der Waals surface area contributed by atoms with Crippen molar-refractivity contribution >= 4 is 5.82 Å². The average Bonchev–Trinajstić information content (AvgIpc) is 3.33. The fourth-order valence-electron chi connectivity index (χ4n) is 5.12. The third kappa shape index (κ3) is 3.31. The quantitative estimate of drug-likeness (QED) is 0.689. The van der Waals surface area contributed by atoms with Crippen molar-refractivity contribution in [1.82, 2.24) is 30.0 Å². The summed E-state index contributed by atoms with van der Waals surface area (Å²) in [5.41, 5.74) is 1.76. The van der Waals surface area contributed by atoms with Crippen LogP contribution in [0, 0.1) is 0 Å². The van der Waals surface area contributed by atoms with Gasteiger partial charge in [-0.3, -0.25) is 0 Å². The van der Waals surface area contributed by atoms with E-state index < -0.39 is 0 Å². The molecule has 2 aliphatic rings. The molecule has 0 radical (unpaired) electrons. The Kier molecular flexibility index (Phi) is 4.28. The number of nitrogens with zero attached hydrogens (tertiary/aromatic N) is 6. The van der Waals surface area contributed by atoms with Crippen molar-refractivity contribution in [3.8, 4) is 22.8 Å². The van der Waals surface area contributed by atoms with Gasteiger partial charge in [0.1, 0.15) is 5.75 Å². The molecular formula is C22H27N7O. The first-order chi connectivity index (χ1) is 14.3. The molecule has 0 saturated carbocycles. The summed E-state index contributed by atoms with van der Waals surface area (Å²) in [4.78, 5) is 10.7. The van der Waals surface area contributed by atoms with Crippen LogP contribution in [0.1, 0.15) is 39.5 Å². The molecule has 8 nitrogen and oxygen atoms in total. The highest BCUT2D eigenvalue weighted by Gasteiger charge is 2.49. The molecule has 5 rings (SSSR count). The molecule has 2 fully saturated rings. The molecule has 3 atom stereocenters. The summed E-state index contributed by atoms with van der Waals surface area (Å²) in [5.74, 6) is 1.28. The molecule has 0 aliphatic carbocycles. The molecule has 2 N–H and O–H groups in total. The number of anilines is 1. The lowest BCUT2D eigenvalue weighted by atomic mass is 9.84. The van der Waals surface area contributed by atoms with Crippen molar-refractivity contribution in [2.24, 2.45) is 0 Å². The average molecular weight is 406 g/mol. The highest BCUT2D eigenvalue weighted by atomic mass is 16.3. The van der Waals surface area contributed by atoms with Gasteiger partial charge in [0.05, 0.1) is 23.8 Å². The number of aromatic nitrogens is 5. The van der Waals surface area contributed by atoms with Gasteiger partial charge in [-0.2, -0.15) is 0 Å². The van der Waals surface area contributed by atoms with Gasteiger partial charge in [-0.15, -0.1) is 10.2 Å². The summed E-state index contributed by atoms with van der Waals surface area (Å²) < 4.78 is 1.83. The minimum Gasteiger partial charge on any atom is -0.507 e. The van der Waals surface area contributed by atoms with Crippen LogP contribution in [0.15, 0.2) is 43.1 Å². The Bertz CT molecular complexity index is 1030. The summed E-state index contributed by atoms with van der Waals surface area (Å²) in [6.45, 7) is 4.64. The minimum atomic E-state index is 0.111. The highest BCUT2D eigenvalue weighted by molar-refractivity contribution is 5.66. The van der Waals surface area contributed by atoms with Crippen LogP contribution in [0.2, 0.25) is 0 Å². The van der Waals surface area contributed by atoms with Crippen LogP contribution in [0.3, 0.4) is 0 Å². The number of rotatable bonds is 4. The van der Waals surface area contributed by atoms with Gasteiger partial charge in [0.25, 0.3) is 0 Å². The molecule has 0 amide bonds. The number of nitrogens with one attached hydrogen (secondary N) is 1. The van der Waals surface area contributed by atoms with Crippen LogP contribution < -0.4 is 10.2 Å². The van der Waals surface area contributed by atoms with Crippen molar-refractivity contribution in [2.75, 3.05) is 11.9 Å². The van der Waals surface area contributed by atoms with Gasteiger partial charge in [0.15, 0.2) is 11.6 Å². The summed E-state index contributed by atoms with van der Waals surface area (Å²) in [5, 5.41) is 23.0. The number of phenols is 1. The summed E-state index contributed by atoms with van der Waals surface area (Å²) in [7, 11) is 2.07. The standard InChI is InChI=1S/C22H27N7O/c1-21-6-7-22(2,27-21)12-16(11-21)28(3)19-13-24-20(26-25-19)17-5-4-15(10-18(17)30)29-9-8-23-14-29/h4-5,8-10,13-14,16,27,30H,6-7,11-12H2,1-3H3/t16-,21-,22+. The number of phenolic OH excluding ortho intramolecular Hbond substituents is 1. The number of benzene rings is 1. The van der Waals surface area contributed by atoms with E-state index in [1.807, 2.05) is 16.8 Å². The van der Waals surface area contributed by atoms with Crippen LogP contribution >= 0.6 is 0 Å². The first-order valence-electron chi connectivity index (χ1n) is 10.4. The molecule has 2 aromatic heterocycles. The predicted molar refractivity (Wildman–Crippen MR) is 115 cm³/mol. The van der Waals surface area contributed by atoms with E-state index in [0.717, 1.165) is 24.3 Å². The van der Waals surface area contributed by atoms with Crippen molar-refractivity contribution in [3.05, 3.63) is 43.1 Å². The van der Waals surface area contributed by atoms with E-state index in [1.165, 1.54) is 12.8 Å². The summed E-state index contributed by atoms with van der Waals surface area (Å²) in [6.07, 6.45) is 11.5. The monoisotopic (exact) mass is 405 g/mol. The van der Waals surface area contributed by atoms with Crippen LogP contribution in [-0.4, -0.2) is 54.0 Å². The number of piperidine rings is 1. The molecule has 2 saturated heterocycles. The molecule has 4 heterocycles. The Balaban J connectivity index is 1.36. The second-order valence-corrected chi connectivity index (χ2v) is 9.23.